The van der Waals surface area contributed by atoms with Crippen molar-refractivity contribution in [2.24, 2.45) is 5.92 Å². The molecule has 0 fully saturated rings. The van der Waals surface area contributed by atoms with Crippen LogP contribution in [0, 0.1) is 12.8 Å². The van der Waals surface area contributed by atoms with Gasteiger partial charge in [0.05, 0.1) is 25.0 Å². The summed E-state index contributed by atoms with van der Waals surface area (Å²) >= 11 is 0. The monoisotopic (exact) mass is 289 g/mol. The number of fused-ring (bicyclic) bond motifs is 1. The molecule has 0 radical (unpaired) electrons. The van der Waals surface area contributed by atoms with Gasteiger partial charge < -0.3 is 18.6 Å². The highest BCUT2D eigenvalue weighted by molar-refractivity contribution is 5.95. The van der Waals surface area contributed by atoms with Crippen molar-refractivity contribution >= 4 is 5.91 Å². The Balaban J connectivity index is 1.87. The molecule has 6 heteroatoms. The third kappa shape index (κ3) is 2.71. The van der Waals surface area contributed by atoms with E-state index >= 15 is 0 Å². The molecule has 6 nitrogen and oxygen atoms in total. The lowest BCUT2D eigenvalue weighted by molar-refractivity contribution is 0.0664. The maximum absolute atomic E-state index is 12.7. The van der Waals surface area contributed by atoms with Crippen molar-refractivity contribution in [3.8, 4) is 0 Å². The first-order valence-corrected chi connectivity index (χ1v) is 7.01. The third-order valence-corrected chi connectivity index (χ3v) is 3.85. The minimum atomic E-state index is -0.0150. The number of furan rings is 1. The van der Waals surface area contributed by atoms with Crippen molar-refractivity contribution in [3.63, 3.8) is 0 Å². The Kier molecular flexibility index (Phi) is 3.79. The zero-order valence-electron chi connectivity index (χ0n) is 12.3. The molecule has 112 valence electrons. The number of carbonyl (C=O) groups excluding carboxylic acids is 1. The van der Waals surface area contributed by atoms with Crippen LogP contribution in [0.3, 0.4) is 0 Å². The predicted octanol–water partition coefficient (Wildman–Crippen LogP) is 1.70. The van der Waals surface area contributed by atoms with Gasteiger partial charge >= 0.3 is 0 Å². The Morgan fingerprint density at radius 1 is 1.52 bits per heavy atom. The van der Waals surface area contributed by atoms with E-state index in [2.05, 4.69) is 9.55 Å². The van der Waals surface area contributed by atoms with Crippen LogP contribution in [-0.2, 0) is 17.8 Å². The zero-order valence-corrected chi connectivity index (χ0v) is 12.3. The summed E-state index contributed by atoms with van der Waals surface area (Å²) in [6, 6.07) is 1.72. The maximum Gasteiger partial charge on any atom is 0.257 e. The van der Waals surface area contributed by atoms with Gasteiger partial charge in [-0.2, -0.15) is 0 Å². The topological polar surface area (TPSA) is 60.5 Å². The number of amides is 1. The van der Waals surface area contributed by atoms with Crippen LogP contribution in [0.25, 0.3) is 0 Å². The average molecular weight is 289 g/mol. The molecule has 1 aliphatic rings. The quantitative estimate of drug-likeness (QED) is 0.863. The van der Waals surface area contributed by atoms with Crippen LogP contribution in [-0.4, -0.2) is 40.6 Å². The summed E-state index contributed by atoms with van der Waals surface area (Å²) < 4.78 is 12.6. The summed E-state index contributed by atoms with van der Waals surface area (Å²) in [5.41, 5.74) is 0.617. The first-order valence-electron chi connectivity index (χ1n) is 7.01. The number of hydrogen-bond acceptors (Lipinski definition) is 4. The Morgan fingerprint density at radius 3 is 3.10 bits per heavy atom. The van der Waals surface area contributed by atoms with Gasteiger partial charge in [-0.15, -0.1) is 0 Å². The largest absolute Gasteiger partial charge is 0.469 e. The molecule has 0 saturated heterocycles. The van der Waals surface area contributed by atoms with Crippen LogP contribution in [0.5, 0.6) is 0 Å². The number of methoxy groups -OCH3 is 1. The highest BCUT2D eigenvalue weighted by Gasteiger charge is 2.27. The summed E-state index contributed by atoms with van der Waals surface area (Å²) in [5, 5.41) is 0. The number of aryl methyl sites for hydroxylation is 1. The smallest absolute Gasteiger partial charge is 0.257 e. The molecule has 2 aromatic rings. The molecule has 1 aliphatic heterocycles. The van der Waals surface area contributed by atoms with Gasteiger partial charge in [0.15, 0.2) is 0 Å². The molecular formula is C15H19N3O3. The number of rotatable bonds is 3. The summed E-state index contributed by atoms with van der Waals surface area (Å²) in [5.74, 6) is 1.79. The van der Waals surface area contributed by atoms with E-state index < -0.39 is 0 Å². The van der Waals surface area contributed by atoms with E-state index in [-0.39, 0.29) is 11.8 Å². The Bertz CT molecular complexity index is 632. The van der Waals surface area contributed by atoms with E-state index in [0.29, 0.717) is 31.0 Å². The van der Waals surface area contributed by atoms with E-state index in [9.17, 15) is 4.79 Å². The molecule has 21 heavy (non-hydrogen) atoms. The van der Waals surface area contributed by atoms with Crippen LogP contribution in [0.2, 0.25) is 0 Å². The number of hydrogen-bond donors (Lipinski definition) is 0. The van der Waals surface area contributed by atoms with Crippen LogP contribution >= 0.6 is 0 Å². The van der Waals surface area contributed by atoms with Crippen molar-refractivity contribution in [1.82, 2.24) is 14.5 Å². The van der Waals surface area contributed by atoms with Crippen LogP contribution in [0.15, 0.2) is 29.1 Å². The number of imidazole rings is 1. The fraction of sp³-hybridized carbons (Fsp3) is 0.467. The molecule has 0 saturated carbocycles. The van der Waals surface area contributed by atoms with Gasteiger partial charge in [0.2, 0.25) is 0 Å². The highest BCUT2D eigenvalue weighted by Crippen LogP contribution is 2.20. The predicted molar refractivity (Wildman–Crippen MR) is 75.8 cm³/mol. The number of nitrogens with zero attached hydrogens (tertiary/aromatic N) is 3. The molecule has 0 N–H and O–H groups in total. The molecule has 1 atom stereocenters. The minimum absolute atomic E-state index is 0.0150. The molecular weight excluding hydrogens is 270 g/mol. The van der Waals surface area contributed by atoms with Crippen molar-refractivity contribution in [2.45, 2.75) is 20.0 Å². The lowest BCUT2D eigenvalue weighted by atomic mass is 10.1. The van der Waals surface area contributed by atoms with Crippen molar-refractivity contribution < 1.29 is 13.9 Å². The van der Waals surface area contributed by atoms with Crippen molar-refractivity contribution in [3.05, 3.63) is 41.9 Å². The molecule has 0 aliphatic carbocycles. The summed E-state index contributed by atoms with van der Waals surface area (Å²) in [6.45, 7) is 4.40. The fourth-order valence-corrected chi connectivity index (χ4v) is 2.81. The number of aromatic nitrogens is 2. The fourth-order valence-electron chi connectivity index (χ4n) is 2.81. The lowest BCUT2D eigenvalue weighted by Crippen LogP contribution is -2.35. The van der Waals surface area contributed by atoms with Crippen molar-refractivity contribution in [2.75, 3.05) is 20.3 Å². The van der Waals surface area contributed by atoms with Gasteiger partial charge in [0.25, 0.3) is 5.91 Å². The third-order valence-electron chi connectivity index (χ3n) is 3.85. The molecule has 0 aromatic carbocycles. The van der Waals surface area contributed by atoms with Crippen LogP contribution in [0.4, 0.5) is 0 Å². The van der Waals surface area contributed by atoms with Gasteiger partial charge in [-0.25, -0.2) is 4.98 Å². The van der Waals surface area contributed by atoms with E-state index in [1.165, 1.54) is 0 Å². The molecule has 0 unspecified atom stereocenters. The van der Waals surface area contributed by atoms with Gasteiger partial charge in [0, 0.05) is 38.5 Å². The van der Waals surface area contributed by atoms with E-state index in [0.717, 1.165) is 12.4 Å². The second kappa shape index (κ2) is 5.73. The molecule has 0 bridgehead atoms. The Hall–Kier alpha value is -2.08. The normalized spacial score (nSPS) is 18.4. The first kappa shape index (κ1) is 13.9. The molecule has 3 rings (SSSR count). The Morgan fingerprint density at radius 2 is 2.38 bits per heavy atom. The zero-order chi connectivity index (χ0) is 14.8. The first-order chi connectivity index (χ1) is 10.2. The van der Waals surface area contributed by atoms with Gasteiger partial charge in [0.1, 0.15) is 11.6 Å². The second-order valence-corrected chi connectivity index (χ2v) is 5.39. The van der Waals surface area contributed by atoms with E-state index in [1.807, 2.05) is 11.1 Å². The molecule has 1 amide bonds. The maximum atomic E-state index is 12.7. The highest BCUT2D eigenvalue weighted by atomic mass is 16.5. The lowest BCUT2D eigenvalue weighted by Gasteiger charge is -2.23. The van der Waals surface area contributed by atoms with Crippen LogP contribution < -0.4 is 0 Å². The summed E-state index contributed by atoms with van der Waals surface area (Å²) in [6.07, 6.45) is 5.28. The van der Waals surface area contributed by atoms with Gasteiger partial charge in [-0.3, -0.25) is 4.79 Å². The molecule has 2 aromatic heterocycles. The second-order valence-electron chi connectivity index (χ2n) is 5.39. The summed E-state index contributed by atoms with van der Waals surface area (Å²) in [4.78, 5) is 18.9. The average Bonchev–Trinajstić information content (AvgIpc) is 3.03. The number of ether oxygens (including phenoxy) is 1. The van der Waals surface area contributed by atoms with Gasteiger partial charge in [-0.05, 0) is 13.0 Å². The van der Waals surface area contributed by atoms with Crippen LogP contribution in [0.1, 0.15) is 21.9 Å². The summed E-state index contributed by atoms with van der Waals surface area (Å²) in [7, 11) is 1.69. The van der Waals surface area contributed by atoms with Crippen molar-refractivity contribution in [1.29, 1.82) is 0 Å². The number of carbonyl (C=O) groups is 1. The standard InChI is InChI=1S/C15H19N3O3/c1-11-13(3-6-21-11)15(19)18-8-12(10-20-2)7-17-5-4-16-14(17)9-18/h3-6,12H,7-10H2,1-2H3/t12-/m0/s1. The molecule has 3 heterocycles. The van der Waals surface area contributed by atoms with E-state index in [4.69, 9.17) is 9.15 Å². The molecule has 0 spiro atoms. The Labute approximate surface area is 123 Å². The van der Waals surface area contributed by atoms with E-state index in [1.54, 1.807) is 32.6 Å². The van der Waals surface area contributed by atoms with Gasteiger partial charge in [-0.1, -0.05) is 0 Å². The minimum Gasteiger partial charge on any atom is -0.469 e. The SMILES string of the molecule is COC[C@@H]1CN(C(=O)c2ccoc2C)Cc2nccn2C1.